The van der Waals surface area contributed by atoms with Gasteiger partial charge in [-0.25, -0.2) is 0 Å². The van der Waals surface area contributed by atoms with E-state index in [4.69, 9.17) is 21.1 Å². The van der Waals surface area contributed by atoms with Crippen molar-refractivity contribution >= 4 is 29.7 Å². The van der Waals surface area contributed by atoms with Crippen LogP contribution >= 0.6 is 11.6 Å². The lowest BCUT2D eigenvalue weighted by molar-refractivity contribution is -0.138. The van der Waals surface area contributed by atoms with Crippen molar-refractivity contribution in [3.63, 3.8) is 0 Å². The van der Waals surface area contributed by atoms with Gasteiger partial charge in [0.05, 0.1) is 0 Å². The maximum Gasteiger partial charge on any atom is 0.303 e. The lowest BCUT2D eigenvalue weighted by Crippen LogP contribution is -2.39. The van der Waals surface area contributed by atoms with E-state index in [1.807, 2.05) is 30.3 Å². The highest BCUT2D eigenvalue weighted by molar-refractivity contribution is 6.34. The number of benzene rings is 3. The number of ether oxygens (including phenoxy) is 2. The molecule has 0 aliphatic carbocycles. The summed E-state index contributed by atoms with van der Waals surface area (Å²) < 4.78 is 12.6. The number of aromatic hydroxyl groups is 1. The third-order valence-electron chi connectivity index (χ3n) is 7.72. The number of nitrogens with zero attached hydrogens (tertiary/aromatic N) is 1. The summed E-state index contributed by atoms with van der Waals surface area (Å²) in [7, 11) is 0. The van der Waals surface area contributed by atoms with E-state index in [2.05, 4.69) is 11.0 Å². The normalized spacial score (nSPS) is 19.2. The summed E-state index contributed by atoms with van der Waals surface area (Å²) in [5.74, 6) is -0.418. The van der Waals surface area contributed by atoms with Crippen molar-refractivity contribution in [2.45, 2.75) is 44.1 Å². The number of carboxylic acids is 1. The van der Waals surface area contributed by atoms with Gasteiger partial charge >= 0.3 is 5.97 Å². The molecule has 0 saturated carbocycles. The second kappa shape index (κ2) is 8.99. The van der Waals surface area contributed by atoms with Gasteiger partial charge in [-0.1, -0.05) is 41.9 Å². The van der Waals surface area contributed by atoms with Crippen LogP contribution in [0.4, 0.5) is 5.69 Å². The molecule has 0 saturated heterocycles. The van der Waals surface area contributed by atoms with Crippen LogP contribution in [0.1, 0.15) is 52.6 Å². The molecule has 190 valence electrons. The highest BCUT2D eigenvalue weighted by Crippen LogP contribution is 2.59. The standard InChI is InChI=1S/C29H26ClNO6/c30-24-26(35)18(10-11-23(33)34)15-22-28(24)37-27-20-9-5-13-31-12-4-6-17(25(20)31)14-21(27)29(22,36-16-32)19-7-2-1-3-8-19/h1-3,7-8,14-16,35H,4-6,9-13H2,(H,33,34). The highest BCUT2D eigenvalue weighted by atomic mass is 35.5. The molecule has 8 heteroatoms. The van der Waals surface area contributed by atoms with Crippen LogP contribution in [0.25, 0.3) is 0 Å². The van der Waals surface area contributed by atoms with E-state index in [0.29, 0.717) is 34.5 Å². The number of phenols is 1. The van der Waals surface area contributed by atoms with Crippen molar-refractivity contribution in [1.82, 2.24) is 0 Å². The minimum atomic E-state index is -1.40. The number of carbonyl (C=O) groups is 2. The van der Waals surface area contributed by atoms with Crippen LogP contribution in [0.5, 0.6) is 17.2 Å². The first kappa shape index (κ1) is 23.7. The van der Waals surface area contributed by atoms with Gasteiger partial charge in [0.15, 0.2) is 11.4 Å². The minimum absolute atomic E-state index is 0.0315. The molecular formula is C29H26ClNO6. The van der Waals surface area contributed by atoms with Gasteiger partial charge in [-0.2, -0.15) is 0 Å². The number of aliphatic carboxylic acids is 1. The summed E-state index contributed by atoms with van der Waals surface area (Å²) in [6.45, 7) is 2.40. The van der Waals surface area contributed by atoms with Crippen molar-refractivity contribution in [2.75, 3.05) is 18.0 Å². The molecule has 0 radical (unpaired) electrons. The van der Waals surface area contributed by atoms with E-state index < -0.39 is 11.6 Å². The molecule has 0 bridgehead atoms. The Kier molecular flexibility index (Phi) is 5.75. The molecule has 0 fully saturated rings. The topological polar surface area (TPSA) is 96.3 Å². The monoisotopic (exact) mass is 519 g/mol. The van der Waals surface area contributed by atoms with Crippen LogP contribution in [0, 0.1) is 0 Å². The summed E-state index contributed by atoms with van der Waals surface area (Å²) in [4.78, 5) is 25.9. The fourth-order valence-corrected chi connectivity index (χ4v) is 6.44. The maximum atomic E-state index is 12.2. The first-order valence-electron chi connectivity index (χ1n) is 12.5. The Balaban J connectivity index is 1.69. The van der Waals surface area contributed by atoms with Crippen LogP contribution in [0.15, 0.2) is 42.5 Å². The smallest absolute Gasteiger partial charge is 0.303 e. The number of rotatable bonds is 6. The summed E-state index contributed by atoms with van der Waals surface area (Å²) in [6, 6.07) is 13.2. The Morgan fingerprint density at radius 1 is 1.11 bits per heavy atom. The number of hydrogen-bond acceptors (Lipinski definition) is 6. The molecule has 3 aromatic rings. The van der Waals surface area contributed by atoms with Gasteiger partial charge in [0.25, 0.3) is 6.47 Å². The van der Waals surface area contributed by atoms with E-state index in [0.717, 1.165) is 44.3 Å². The van der Waals surface area contributed by atoms with Crippen LogP contribution < -0.4 is 9.64 Å². The van der Waals surface area contributed by atoms with Crippen molar-refractivity contribution in [2.24, 2.45) is 0 Å². The molecule has 37 heavy (non-hydrogen) atoms. The highest BCUT2D eigenvalue weighted by Gasteiger charge is 2.49. The van der Waals surface area contributed by atoms with Crippen LogP contribution in [-0.4, -0.2) is 35.7 Å². The second-order valence-corrected chi connectivity index (χ2v) is 10.1. The summed E-state index contributed by atoms with van der Waals surface area (Å²) >= 11 is 6.72. The number of carbonyl (C=O) groups excluding carboxylic acids is 1. The van der Waals surface area contributed by atoms with E-state index in [1.165, 1.54) is 11.3 Å². The van der Waals surface area contributed by atoms with E-state index >= 15 is 0 Å². The minimum Gasteiger partial charge on any atom is -0.506 e. The predicted octanol–water partition coefficient (Wildman–Crippen LogP) is 5.33. The quantitative estimate of drug-likeness (QED) is 0.425. The zero-order valence-electron chi connectivity index (χ0n) is 20.1. The molecular weight excluding hydrogens is 494 g/mol. The molecule has 0 aromatic heterocycles. The summed E-state index contributed by atoms with van der Waals surface area (Å²) in [6.07, 6.45) is 3.58. The van der Waals surface area contributed by atoms with Crippen LogP contribution in [-0.2, 0) is 39.2 Å². The summed E-state index contributed by atoms with van der Waals surface area (Å²) in [5.41, 5.74) is 4.26. The molecule has 6 rings (SSSR count). The number of hydrogen-bond donors (Lipinski definition) is 2. The average molecular weight is 520 g/mol. The van der Waals surface area contributed by atoms with E-state index in [9.17, 15) is 19.8 Å². The van der Waals surface area contributed by atoms with E-state index in [-0.39, 0.29) is 29.4 Å². The van der Waals surface area contributed by atoms with Gasteiger partial charge in [-0.3, -0.25) is 9.59 Å². The Hall–Kier alpha value is -3.71. The Labute approximate surface area is 219 Å². The molecule has 1 unspecified atom stereocenters. The molecule has 0 spiro atoms. The first-order chi connectivity index (χ1) is 18.0. The van der Waals surface area contributed by atoms with Gasteiger partial charge in [0, 0.05) is 47.5 Å². The molecule has 3 aliphatic rings. The molecule has 3 aliphatic heterocycles. The molecule has 2 N–H and O–H groups in total. The number of carboxylic acid groups (broad SMARTS) is 1. The SMILES string of the molecule is O=COC1(c2ccccc2)c2cc(CCC(=O)O)c(O)c(Cl)c2Oc2c1cc1c3c2CCCN3CCC1. The third kappa shape index (κ3) is 3.55. The Bertz CT molecular complexity index is 1420. The van der Waals surface area contributed by atoms with Gasteiger partial charge < -0.3 is 24.6 Å². The van der Waals surface area contributed by atoms with Gasteiger partial charge in [0.1, 0.15) is 16.5 Å². The zero-order valence-corrected chi connectivity index (χ0v) is 20.9. The van der Waals surface area contributed by atoms with Gasteiger partial charge in [0.2, 0.25) is 0 Å². The lowest BCUT2D eigenvalue weighted by Gasteiger charge is -2.44. The average Bonchev–Trinajstić information content (AvgIpc) is 2.91. The molecule has 0 amide bonds. The van der Waals surface area contributed by atoms with Crippen molar-refractivity contribution < 1.29 is 29.3 Å². The van der Waals surface area contributed by atoms with Gasteiger partial charge in [-0.05, 0) is 55.4 Å². The van der Waals surface area contributed by atoms with E-state index in [1.54, 1.807) is 6.07 Å². The van der Waals surface area contributed by atoms with Crippen LogP contribution in [0.2, 0.25) is 5.02 Å². The molecule has 1 atom stereocenters. The Morgan fingerprint density at radius 3 is 2.57 bits per heavy atom. The maximum absolute atomic E-state index is 12.2. The number of anilines is 1. The third-order valence-corrected chi connectivity index (χ3v) is 8.07. The van der Waals surface area contributed by atoms with Crippen molar-refractivity contribution in [3.05, 3.63) is 80.9 Å². The number of phenolic OH excluding ortho intramolecular Hbond substituents is 1. The fraction of sp³-hybridized carbons (Fsp3) is 0.310. The van der Waals surface area contributed by atoms with Crippen molar-refractivity contribution in [1.29, 1.82) is 0 Å². The molecule has 3 heterocycles. The predicted molar refractivity (Wildman–Crippen MR) is 138 cm³/mol. The number of aryl methyl sites for hydroxylation is 2. The van der Waals surface area contributed by atoms with Crippen molar-refractivity contribution in [3.8, 4) is 17.2 Å². The lowest BCUT2D eigenvalue weighted by atomic mass is 9.74. The van der Waals surface area contributed by atoms with Gasteiger partial charge in [-0.15, -0.1) is 0 Å². The zero-order chi connectivity index (χ0) is 25.7. The number of halogens is 1. The largest absolute Gasteiger partial charge is 0.506 e. The fourth-order valence-electron chi connectivity index (χ4n) is 6.18. The van der Waals surface area contributed by atoms with Crippen LogP contribution in [0.3, 0.4) is 0 Å². The Morgan fingerprint density at radius 2 is 1.84 bits per heavy atom. The number of fused-ring (bicyclic) bond motifs is 3. The molecule has 3 aromatic carbocycles. The molecule has 7 nitrogen and oxygen atoms in total. The second-order valence-electron chi connectivity index (χ2n) is 9.77. The first-order valence-corrected chi connectivity index (χ1v) is 12.9. The summed E-state index contributed by atoms with van der Waals surface area (Å²) in [5, 5.41) is 20.2.